The first-order valence-corrected chi connectivity index (χ1v) is 7.20. The summed E-state index contributed by atoms with van der Waals surface area (Å²) in [5, 5.41) is 5.65. The molecule has 0 spiro atoms. The lowest BCUT2D eigenvalue weighted by atomic mass is 9.97. The van der Waals surface area contributed by atoms with E-state index in [0.29, 0.717) is 17.2 Å². The van der Waals surface area contributed by atoms with Gasteiger partial charge in [0.1, 0.15) is 0 Å². The lowest BCUT2D eigenvalue weighted by Crippen LogP contribution is -2.42. The standard InChI is InChI=1S/C15H22N4O2.ClH/c1-17-9-11-3-2-8-19(10-11)14(20)12-4-6-13(7-5-12)18-15(16)21;/h4-7,11,17H,2-3,8-10H2,1H3,(H3,16,18,21);1H. The van der Waals surface area contributed by atoms with Crippen LogP contribution in [0.5, 0.6) is 0 Å². The number of nitrogens with two attached hydrogens (primary N) is 1. The van der Waals surface area contributed by atoms with Gasteiger partial charge in [-0.3, -0.25) is 4.79 Å². The minimum absolute atomic E-state index is 0. The summed E-state index contributed by atoms with van der Waals surface area (Å²) in [7, 11) is 1.94. The second-order valence-corrected chi connectivity index (χ2v) is 5.38. The second-order valence-electron chi connectivity index (χ2n) is 5.38. The molecule has 7 heteroatoms. The number of carbonyl (C=O) groups excluding carboxylic acids is 2. The molecule has 1 aliphatic heterocycles. The fourth-order valence-corrected chi connectivity index (χ4v) is 2.73. The molecule has 1 saturated heterocycles. The van der Waals surface area contributed by atoms with Crippen molar-refractivity contribution in [2.75, 3.05) is 32.0 Å². The average molecular weight is 327 g/mol. The topological polar surface area (TPSA) is 87.5 Å². The molecule has 22 heavy (non-hydrogen) atoms. The van der Waals surface area contributed by atoms with Gasteiger partial charge in [-0.15, -0.1) is 12.4 Å². The fourth-order valence-electron chi connectivity index (χ4n) is 2.73. The highest BCUT2D eigenvalue weighted by Gasteiger charge is 2.23. The summed E-state index contributed by atoms with van der Waals surface area (Å²) < 4.78 is 0. The number of nitrogens with zero attached hydrogens (tertiary/aromatic N) is 1. The first kappa shape index (κ1) is 18.3. The third-order valence-corrected chi connectivity index (χ3v) is 3.70. The number of rotatable bonds is 4. The second kappa shape index (κ2) is 8.60. The monoisotopic (exact) mass is 326 g/mol. The molecule has 1 heterocycles. The van der Waals surface area contributed by atoms with Crippen LogP contribution < -0.4 is 16.4 Å². The molecule has 1 aromatic rings. The van der Waals surface area contributed by atoms with E-state index in [2.05, 4.69) is 10.6 Å². The molecule has 6 nitrogen and oxygen atoms in total. The minimum Gasteiger partial charge on any atom is -0.351 e. The largest absolute Gasteiger partial charge is 0.351 e. The quantitative estimate of drug-likeness (QED) is 0.786. The van der Waals surface area contributed by atoms with Gasteiger partial charge in [0.2, 0.25) is 0 Å². The van der Waals surface area contributed by atoms with Crippen LogP contribution in [0.2, 0.25) is 0 Å². The average Bonchev–Trinajstić information content (AvgIpc) is 2.47. The molecule has 1 atom stereocenters. The van der Waals surface area contributed by atoms with Gasteiger partial charge in [-0.1, -0.05) is 0 Å². The Morgan fingerprint density at radius 3 is 2.59 bits per heavy atom. The van der Waals surface area contributed by atoms with Crippen LogP contribution in [0.3, 0.4) is 0 Å². The summed E-state index contributed by atoms with van der Waals surface area (Å²) in [6.45, 7) is 2.53. The summed E-state index contributed by atoms with van der Waals surface area (Å²) in [5.74, 6) is 0.560. The van der Waals surface area contributed by atoms with Crippen LogP contribution in [-0.2, 0) is 0 Å². The van der Waals surface area contributed by atoms with Crippen LogP contribution in [0.4, 0.5) is 10.5 Å². The third kappa shape index (κ3) is 4.89. The summed E-state index contributed by atoms with van der Waals surface area (Å²) >= 11 is 0. The van der Waals surface area contributed by atoms with Crippen molar-refractivity contribution in [3.05, 3.63) is 29.8 Å². The molecule has 1 fully saturated rings. The maximum atomic E-state index is 12.5. The highest BCUT2D eigenvalue weighted by Crippen LogP contribution is 2.19. The van der Waals surface area contributed by atoms with E-state index in [9.17, 15) is 9.59 Å². The van der Waals surface area contributed by atoms with Crippen molar-refractivity contribution in [3.63, 3.8) is 0 Å². The number of urea groups is 1. The predicted octanol–water partition coefficient (Wildman–Crippen LogP) is 1.67. The van der Waals surface area contributed by atoms with E-state index in [1.165, 1.54) is 0 Å². The number of nitrogens with one attached hydrogen (secondary N) is 2. The Balaban J connectivity index is 0.00000242. The Bertz CT molecular complexity index is 505. The molecule has 4 N–H and O–H groups in total. The molecule has 1 aromatic carbocycles. The van der Waals surface area contributed by atoms with Gasteiger partial charge >= 0.3 is 6.03 Å². The van der Waals surface area contributed by atoms with Gasteiger partial charge in [0.25, 0.3) is 5.91 Å². The van der Waals surface area contributed by atoms with Crippen molar-refractivity contribution >= 4 is 30.0 Å². The van der Waals surface area contributed by atoms with E-state index in [-0.39, 0.29) is 18.3 Å². The van der Waals surface area contributed by atoms with Crippen molar-refractivity contribution in [2.24, 2.45) is 11.7 Å². The van der Waals surface area contributed by atoms with Crippen molar-refractivity contribution < 1.29 is 9.59 Å². The molecule has 0 aliphatic carbocycles. The molecule has 0 bridgehead atoms. The first-order valence-electron chi connectivity index (χ1n) is 7.20. The molecule has 0 radical (unpaired) electrons. The van der Waals surface area contributed by atoms with E-state index in [1.807, 2.05) is 11.9 Å². The van der Waals surface area contributed by atoms with Gasteiger partial charge < -0.3 is 21.3 Å². The van der Waals surface area contributed by atoms with E-state index in [0.717, 1.165) is 32.5 Å². The number of hydrogen-bond acceptors (Lipinski definition) is 3. The molecule has 1 aliphatic rings. The smallest absolute Gasteiger partial charge is 0.316 e. The summed E-state index contributed by atoms with van der Waals surface area (Å²) in [4.78, 5) is 25.1. The van der Waals surface area contributed by atoms with Gasteiger partial charge in [0.15, 0.2) is 0 Å². The Hall–Kier alpha value is -1.79. The van der Waals surface area contributed by atoms with Crippen LogP contribution in [0.25, 0.3) is 0 Å². The van der Waals surface area contributed by atoms with Crippen molar-refractivity contribution in [1.82, 2.24) is 10.2 Å². The first-order chi connectivity index (χ1) is 10.1. The zero-order valence-corrected chi connectivity index (χ0v) is 13.5. The summed E-state index contributed by atoms with van der Waals surface area (Å²) in [5.41, 5.74) is 6.27. The molecule has 0 aromatic heterocycles. The summed E-state index contributed by atoms with van der Waals surface area (Å²) in [6, 6.07) is 6.20. The Labute approximate surface area is 136 Å². The molecule has 1 unspecified atom stereocenters. The van der Waals surface area contributed by atoms with E-state index < -0.39 is 6.03 Å². The minimum atomic E-state index is -0.611. The van der Waals surface area contributed by atoms with Crippen LogP contribution in [0.15, 0.2) is 24.3 Å². The normalized spacial score (nSPS) is 17.5. The number of anilines is 1. The van der Waals surface area contributed by atoms with Gasteiger partial charge in [0, 0.05) is 24.3 Å². The van der Waals surface area contributed by atoms with E-state index in [1.54, 1.807) is 24.3 Å². The Morgan fingerprint density at radius 2 is 2.00 bits per heavy atom. The van der Waals surface area contributed by atoms with Crippen molar-refractivity contribution in [2.45, 2.75) is 12.8 Å². The van der Waals surface area contributed by atoms with Gasteiger partial charge in [-0.2, -0.15) is 0 Å². The van der Waals surface area contributed by atoms with Crippen LogP contribution in [-0.4, -0.2) is 43.5 Å². The molecule has 2 rings (SSSR count). The highest BCUT2D eigenvalue weighted by molar-refractivity contribution is 5.95. The fraction of sp³-hybridized carbons (Fsp3) is 0.467. The molecule has 122 valence electrons. The maximum Gasteiger partial charge on any atom is 0.316 e. The van der Waals surface area contributed by atoms with Gasteiger partial charge in [-0.25, -0.2) is 4.79 Å². The molecular formula is C15H23ClN4O2. The maximum absolute atomic E-state index is 12.5. The van der Waals surface area contributed by atoms with E-state index >= 15 is 0 Å². The lowest BCUT2D eigenvalue weighted by Gasteiger charge is -2.32. The zero-order valence-electron chi connectivity index (χ0n) is 12.7. The number of likely N-dealkylation sites (tertiary alicyclic amines) is 1. The predicted molar refractivity (Wildman–Crippen MR) is 89.5 cm³/mol. The SMILES string of the molecule is CNCC1CCCN(C(=O)c2ccc(NC(N)=O)cc2)C1.Cl. The number of carbonyl (C=O) groups is 2. The molecular weight excluding hydrogens is 304 g/mol. The number of halogens is 1. The van der Waals surface area contributed by atoms with Crippen LogP contribution in [0, 0.1) is 5.92 Å². The zero-order chi connectivity index (χ0) is 15.2. The van der Waals surface area contributed by atoms with Crippen LogP contribution >= 0.6 is 12.4 Å². The number of benzene rings is 1. The highest BCUT2D eigenvalue weighted by atomic mass is 35.5. The number of hydrogen-bond donors (Lipinski definition) is 3. The number of piperidine rings is 1. The van der Waals surface area contributed by atoms with Crippen molar-refractivity contribution in [1.29, 1.82) is 0 Å². The Morgan fingerprint density at radius 1 is 1.32 bits per heavy atom. The third-order valence-electron chi connectivity index (χ3n) is 3.70. The van der Waals surface area contributed by atoms with Crippen LogP contribution in [0.1, 0.15) is 23.2 Å². The Kier molecular flexibility index (Phi) is 7.14. The number of amides is 3. The summed E-state index contributed by atoms with van der Waals surface area (Å²) in [6.07, 6.45) is 2.20. The van der Waals surface area contributed by atoms with Gasteiger partial charge in [0.05, 0.1) is 0 Å². The van der Waals surface area contributed by atoms with E-state index in [4.69, 9.17) is 5.73 Å². The number of primary amides is 1. The molecule has 3 amide bonds. The van der Waals surface area contributed by atoms with Gasteiger partial charge in [-0.05, 0) is 56.6 Å². The molecule has 0 saturated carbocycles. The van der Waals surface area contributed by atoms with Crippen molar-refractivity contribution in [3.8, 4) is 0 Å². The lowest BCUT2D eigenvalue weighted by molar-refractivity contribution is 0.0674.